The van der Waals surface area contributed by atoms with Gasteiger partial charge < -0.3 is 15.4 Å². The van der Waals surface area contributed by atoms with Gasteiger partial charge in [0.1, 0.15) is 0 Å². The Morgan fingerprint density at radius 1 is 1.56 bits per heavy atom. The molecule has 0 bridgehead atoms. The molecule has 5 heteroatoms. The van der Waals surface area contributed by atoms with Crippen LogP contribution in [0.15, 0.2) is 18.3 Å². The number of hydrogen-bond donors (Lipinski definition) is 1. The van der Waals surface area contributed by atoms with E-state index in [4.69, 9.17) is 10.5 Å². The second kappa shape index (κ2) is 5.82. The number of methoxy groups -OCH3 is 1. The van der Waals surface area contributed by atoms with Crippen LogP contribution in [0.3, 0.4) is 0 Å². The smallest absolute Gasteiger partial charge is 0.308 e. The highest BCUT2D eigenvalue weighted by Crippen LogP contribution is 2.24. The normalized spacial score (nSPS) is 16.7. The van der Waals surface area contributed by atoms with Crippen LogP contribution in [-0.4, -0.2) is 31.2 Å². The Morgan fingerprint density at radius 2 is 2.28 bits per heavy atom. The van der Waals surface area contributed by atoms with Crippen molar-refractivity contribution in [3.8, 4) is 0 Å². The number of piperidine rings is 1. The first-order chi connectivity index (χ1) is 8.74. The molecule has 0 spiro atoms. The van der Waals surface area contributed by atoms with Crippen LogP contribution in [0.4, 0.5) is 5.69 Å². The maximum atomic E-state index is 11.4. The van der Waals surface area contributed by atoms with Gasteiger partial charge in [-0.25, -0.2) is 0 Å². The SMILES string of the molecule is COC(=O)C1CCN(c2ccnc(CN)c2)CC1. The monoisotopic (exact) mass is 249 g/mol. The van der Waals surface area contributed by atoms with Gasteiger partial charge in [-0.3, -0.25) is 9.78 Å². The molecular weight excluding hydrogens is 230 g/mol. The number of nitrogens with two attached hydrogens (primary N) is 1. The van der Waals surface area contributed by atoms with Crippen LogP contribution >= 0.6 is 0 Å². The standard InChI is InChI=1S/C13H19N3O2/c1-18-13(17)10-3-6-16(7-4-10)12-2-5-15-11(8-12)9-14/h2,5,8,10H,3-4,6-7,9,14H2,1H3. The van der Waals surface area contributed by atoms with Gasteiger partial charge in [0.2, 0.25) is 0 Å². The lowest BCUT2D eigenvalue weighted by Crippen LogP contribution is -2.36. The molecule has 98 valence electrons. The molecular formula is C13H19N3O2. The van der Waals surface area contributed by atoms with Crippen molar-refractivity contribution in [3.05, 3.63) is 24.0 Å². The quantitative estimate of drug-likeness (QED) is 0.807. The molecule has 2 N–H and O–H groups in total. The average Bonchev–Trinajstić information content (AvgIpc) is 2.46. The molecule has 0 amide bonds. The topological polar surface area (TPSA) is 68.5 Å². The minimum Gasteiger partial charge on any atom is -0.469 e. The van der Waals surface area contributed by atoms with E-state index >= 15 is 0 Å². The second-order valence-electron chi connectivity index (χ2n) is 4.49. The molecule has 0 unspecified atom stereocenters. The minimum atomic E-state index is -0.0907. The molecule has 18 heavy (non-hydrogen) atoms. The zero-order chi connectivity index (χ0) is 13.0. The lowest BCUT2D eigenvalue weighted by molar-refractivity contribution is -0.146. The first-order valence-corrected chi connectivity index (χ1v) is 6.22. The molecule has 1 fully saturated rings. The Balaban J connectivity index is 1.98. The molecule has 2 rings (SSSR count). The number of hydrogen-bond acceptors (Lipinski definition) is 5. The number of ether oxygens (including phenoxy) is 1. The zero-order valence-electron chi connectivity index (χ0n) is 10.6. The van der Waals surface area contributed by atoms with Crippen molar-refractivity contribution in [1.82, 2.24) is 4.98 Å². The maximum absolute atomic E-state index is 11.4. The maximum Gasteiger partial charge on any atom is 0.308 e. The fourth-order valence-electron chi connectivity index (χ4n) is 2.31. The van der Waals surface area contributed by atoms with Crippen LogP contribution in [0.2, 0.25) is 0 Å². The number of nitrogens with zero attached hydrogens (tertiary/aromatic N) is 2. The van der Waals surface area contributed by atoms with Gasteiger partial charge in [-0.2, -0.15) is 0 Å². The lowest BCUT2D eigenvalue weighted by atomic mass is 9.96. The van der Waals surface area contributed by atoms with Gasteiger partial charge in [-0.05, 0) is 25.0 Å². The third-order valence-corrected chi connectivity index (χ3v) is 3.40. The van der Waals surface area contributed by atoms with Crippen LogP contribution < -0.4 is 10.6 Å². The first kappa shape index (κ1) is 12.8. The largest absolute Gasteiger partial charge is 0.469 e. The summed E-state index contributed by atoms with van der Waals surface area (Å²) < 4.78 is 4.78. The fourth-order valence-corrected chi connectivity index (χ4v) is 2.31. The van der Waals surface area contributed by atoms with Crippen molar-refractivity contribution in [1.29, 1.82) is 0 Å². The van der Waals surface area contributed by atoms with Crippen molar-refractivity contribution >= 4 is 11.7 Å². The van der Waals surface area contributed by atoms with Crippen molar-refractivity contribution in [2.24, 2.45) is 11.7 Å². The molecule has 1 aromatic heterocycles. The van der Waals surface area contributed by atoms with Crippen molar-refractivity contribution in [2.75, 3.05) is 25.1 Å². The Morgan fingerprint density at radius 3 is 2.89 bits per heavy atom. The lowest BCUT2D eigenvalue weighted by Gasteiger charge is -2.32. The molecule has 1 aliphatic heterocycles. The molecule has 1 saturated heterocycles. The summed E-state index contributed by atoms with van der Waals surface area (Å²) in [6, 6.07) is 4.00. The van der Waals surface area contributed by atoms with Gasteiger partial charge in [0.25, 0.3) is 0 Å². The third kappa shape index (κ3) is 2.79. The Labute approximate surface area is 107 Å². The number of carbonyl (C=O) groups excluding carboxylic acids is 1. The van der Waals surface area contributed by atoms with Gasteiger partial charge in [0, 0.05) is 31.5 Å². The van der Waals surface area contributed by atoms with Gasteiger partial charge in [0.15, 0.2) is 0 Å². The summed E-state index contributed by atoms with van der Waals surface area (Å²) in [5, 5.41) is 0. The van der Waals surface area contributed by atoms with E-state index in [0.29, 0.717) is 6.54 Å². The molecule has 0 saturated carbocycles. The molecule has 0 atom stereocenters. The fraction of sp³-hybridized carbons (Fsp3) is 0.538. The molecule has 0 aliphatic carbocycles. The summed E-state index contributed by atoms with van der Waals surface area (Å²) in [5.74, 6) is -0.0471. The van der Waals surface area contributed by atoms with Crippen LogP contribution in [0.25, 0.3) is 0 Å². The average molecular weight is 249 g/mol. The minimum absolute atomic E-state index is 0.0436. The third-order valence-electron chi connectivity index (χ3n) is 3.40. The van der Waals surface area contributed by atoms with E-state index in [0.717, 1.165) is 37.3 Å². The number of carbonyl (C=O) groups is 1. The summed E-state index contributed by atoms with van der Waals surface area (Å²) in [4.78, 5) is 17.9. The highest BCUT2D eigenvalue weighted by atomic mass is 16.5. The summed E-state index contributed by atoms with van der Waals surface area (Å²) in [5.41, 5.74) is 7.61. The highest BCUT2D eigenvalue weighted by Gasteiger charge is 2.25. The van der Waals surface area contributed by atoms with E-state index in [1.165, 1.54) is 7.11 Å². The number of rotatable bonds is 3. The van der Waals surface area contributed by atoms with Crippen LogP contribution in [0.1, 0.15) is 18.5 Å². The molecule has 1 aliphatic rings. The van der Waals surface area contributed by atoms with Gasteiger partial charge >= 0.3 is 5.97 Å². The van der Waals surface area contributed by atoms with Crippen LogP contribution in [-0.2, 0) is 16.1 Å². The Bertz CT molecular complexity index is 414. The van der Waals surface area contributed by atoms with E-state index in [-0.39, 0.29) is 11.9 Å². The zero-order valence-corrected chi connectivity index (χ0v) is 10.6. The van der Waals surface area contributed by atoms with Crippen LogP contribution in [0.5, 0.6) is 0 Å². The Kier molecular flexibility index (Phi) is 4.15. The predicted octanol–water partition coefficient (Wildman–Crippen LogP) is 0.930. The van der Waals surface area contributed by atoms with Gasteiger partial charge in [0.05, 0.1) is 18.7 Å². The van der Waals surface area contributed by atoms with Crippen molar-refractivity contribution in [2.45, 2.75) is 19.4 Å². The van der Waals surface area contributed by atoms with E-state index in [1.807, 2.05) is 12.1 Å². The first-order valence-electron chi connectivity index (χ1n) is 6.22. The predicted molar refractivity (Wildman–Crippen MR) is 69.1 cm³/mol. The summed E-state index contributed by atoms with van der Waals surface area (Å²) in [6.07, 6.45) is 3.46. The molecule has 2 heterocycles. The van der Waals surface area contributed by atoms with Gasteiger partial charge in [-0.15, -0.1) is 0 Å². The molecule has 5 nitrogen and oxygen atoms in total. The molecule has 0 radical (unpaired) electrons. The van der Waals surface area contributed by atoms with Crippen molar-refractivity contribution in [3.63, 3.8) is 0 Å². The highest BCUT2D eigenvalue weighted by molar-refractivity contribution is 5.72. The van der Waals surface area contributed by atoms with Gasteiger partial charge in [-0.1, -0.05) is 0 Å². The number of esters is 1. The van der Waals surface area contributed by atoms with E-state index in [2.05, 4.69) is 9.88 Å². The number of aromatic nitrogens is 1. The number of pyridine rings is 1. The van der Waals surface area contributed by atoms with E-state index in [9.17, 15) is 4.79 Å². The molecule has 1 aromatic rings. The molecule has 0 aromatic carbocycles. The summed E-state index contributed by atoms with van der Waals surface area (Å²) in [7, 11) is 1.45. The Hall–Kier alpha value is -1.62. The second-order valence-corrected chi connectivity index (χ2v) is 4.49. The van der Waals surface area contributed by atoms with Crippen LogP contribution in [0, 0.1) is 5.92 Å². The summed E-state index contributed by atoms with van der Waals surface area (Å²) >= 11 is 0. The van der Waals surface area contributed by atoms with E-state index in [1.54, 1.807) is 6.20 Å². The number of anilines is 1. The van der Waals surface area contributed by atoms with E-state index < -0.39 is 0 Å². The summed E-state index contributed by atoms with van der Waals surface area (Å²) in [6.45, 7) is 2.19. The van der Waals surface area contributed by atoms with Crippen molar-refractivity contribution < 1.29 is 9.53 Å².